The SMILES string of the molecule is O=C1CCC(OCC(=O)N2CCCCC2)CC1. The fourth-order valence-corrected chi connectivity index (χ4v) is 2.50. The van der Waals surface area contributed by atoms with E-state index in [1.807, 2.05) is 4.90 Å². The van der Waals surface area contributed by atoms with Gasteiger partial charge in [-0.05, 0) is 32.1 Å². The van der Waals surface area contributed by atoms with Crippen LogP contribution in [0.2, 0.25) is 0 Å². The minimum absolute atomic E-state index is 0.112. The van der Waals surface area contributed by atoms with Crippen LogP contribution in [0, 0.1) is 0 Å². The van der Waals surface area contributed by atoms with E-state index in [1.165, 1.54) is 6.42 Å². The Labute approximate surface area is 102 Å². The largest absolute Gasteiger partial charge is 0.368 e. The summed E-state index contributed by atoms with van der Waals surface area (Å²) in [6.07, 6.45) is 6.37. The lowest BCUT2D eigenvalue weighted by Gasteiger charge is -2.28. The normalized spacial score (nSPS) is 22.8. The lowest BCUT2D eigenvalue weighted by molar-refractivity contribution is -0.140. The van der Waals surface area contributed by atoms with E-state index < -0.39 is 0 Å². The van der Waals surface area contributed by atoms with E-state index in [4.69, 9.17) is 4.74 Å². The van der Waals surface area contributed by atoms with Gasteiger partial charge in [-0.3, -0.25) is 9.59 Å². The first-order valence-electron chi connectivity index (χ1n) is 6.67. The van der Waals surface area contributed by atoms with E-state index in [0.29, 0.717) is 18.6 Å². The summed E-state index contributed by atoms with van der Waals surface area (Å²) in [6, 6.07) is 0. The Hall–Kier alpha value is -0.900. The molecule has 1 aliphatic heterocycles. The number of ether oxygens (including phenoxy) is 1. The number of likely N-dealkylation sites (tertiary alicyclic amines) is 1. The Morgan fingerprint density at radius 1 is 1.18 bits per heavy atom. The predicted molar refractivity (Wildman–Crippen MR) is 63.6 cm³/mol. The van der Waals surface area contributed by atoms with Crippen molar-refractivity contribution in [2.75, 3.05) is 19.7 Å². The number of carbonyl (C=O) groups excluding carboxylic acids is 2. The van der Waals surface area contributed by atoms with Crippen LogP contribution in [0.1, 0.15) is 44.9 Å². The fourth-order valence-electron chi connectivity index (χ4n) is 2.50. The van der Waals surface area contributed by atoms with Crippen LogP contribution in [0.4, 0.5) is 0 Å². The van der Waals surface area contributed by atoms with Crippen molar-refractivity contribution in [3.63, 3.8) is 0 Å². The van der Waals surface area contributed by atoms with Crippen molar-refractivity contribution in [2.24, 2.45) is 0 Å². The molecule has 0 radical (unpaired) electrons. The third-order valence-corrected chi connectivity index (χ3v) is 3.64. The maximum atomic E-state index is 11.8. The Morgan fingerprint density at radius 3 is 2.47 bits per heavy atom. The average molecular weight is 239 g/mol. The first kappa shape index (κ1) is 12.6. The summed E-state index contributed by atoms with van der Waals surface area (Å²) in [5, 5.41) is 0. The van der Waals surface area contributed by atoms with Gasteiger partial charge in [0, 0.05) is 25.9 Å². The summed E-state index contributed by atoms with van der Waals surface area (Å²) in [4.78, 5) is 24.8. The van der Waals surface area contributed by atoms with Gasteiger partial charge in [0.15, 0.2) is 0 Å². The molecule has 2 rings (SSSR count). The van der Waals surface area contributed by atoms with Gasteiger partial charge in [0.1, 0.15) is 12.4 Å². The van der Waals surface area contributed by atoms with Crippen molar-refractivity contribution in [3.8, 4) is 0 Å². The Bertz CT molecular complexity index is 274. The number of amides is 1. The molecule has 1 aliphatic carbocycles. The van der Waals surface area contributed by atoms with Gasteiger partial charge in [-0.15, -0.1) is 0 Å². The van der Waals surface area contributed by atoms with E-state index in [0.717, 1.165) is 38.8 Å². The molecule has 0 N–H and O–H groups in total. The van der Waals surface area contributed by atoms with Gasteiger partial charge in [-0.2, -0.15) is 0 Å². The van der Waals surface area contributed by atoms with Crippen molar-refractivity contribution in [1.29, 1.82) is 0 Å². The zero-order valence-corrected chi connectivity index (χ0v) is 10.3. The number of rotatable bonds is 3. The molecular weight excluding hydrogens is 218 g/mol. The summed E-state index contributed by atoms with van der Waals surface area (Å²) in [5.74, 6) is 0.439. The van der Waals surface area contributed by atoms with Gasteiger partial charge in [-0.25, -0.2) is 0 Å². The van der Waals surface area contributed by atoms with Gasteiger partial charge in [0.2, 0.25) is 5.91 Å². The van der Waals surface area contributed by atoms with Gasteiger partial charge >= 0.3 is 0 Å². The predicted octanol–water partition coefficient (Wildman–Crippen LogP) is 1.53. The van der Waals surface area contributed by atoms with E-state index in [-0.39, 0.29) is 18.6 Å². The van der Waals surface area contributed by atoms with Crippen molar-refractivity contribution in [2.45, 2.75) is 51.0 Å². The van der Waals surface area contributed by atoms with Crippen LogP contribution in [-0.2, 0) is 14.3 Å². The molecule has 1 heterocycles. The van der Waals surface area contributed by atoms with Crippen LogP contribution in [-0.4, -0.2) is 42.4 Å². The molecule has 0 aromatic carbocycles. The smallest absolute Gasteiger partial charge is 0.248 e. The Balaban J connectivity index is 1.67. The highest BCUT2D eigenvalue weighted by atomic mass is 16.5. The van der Waals surface area contributed by atoms with Crippen molar-refractivity contribution >= 4 is 11.7 Å². The second-order valence-corrected chi connectivity index (χ2v) is 4.99. The molecule has 1 amide bonds. The van der Waals surface area contributed by atoms with E-state index in [2.05, 4.69) is 0 Å². The van der Waals surface area contributed by atoms with E-state index in [9.17, 15) is 9.59 Å². The Morgan fingerprint density at radius 2 is 1.82 bits per heavy atom. The third-order valence-electron chi connectivity index (χ3n) is 3.64. The molecule has 96 valence electrons. The summed E-state index contributed by atoms with van der Waals surface area (Å²) >= 11 is 0. The van der Waals surface area contributed by atoms with Gasteiger partial charge < -0.3 is 9.64 Å². The number of Topliss-reactive ketones (excluding diaryl/α,β-unsaturated/α-hetero) is 1. The van der Waals surface area contributed by atoms with Crippen molar-refractivity contribution in [1.82, 2.24) is 4.90 Å². The standard InChI is InChI=1S/C13H21NO3/c15-11-4-6-12(7-5-11)17-10-13(16)14-8-2-1-3-9-14/h12H,1-10H2. The molecular formula is C13H21NO3. The van der Waals surface area contributed by atoms with E-state index >= 15 is 0 Å². The summed E-state index contributed by atoms with van der Waals surface area (Å²) in [7, 11) is 0. The summed E-state index contributed by atoms with van der Waals surface area (Å²) < 4.78 is 5.60. The number of ketones is 1. The molecule has 0 bridgehead atoms. The van der Waals surface area contributed by atoms with Crippen LogP contribution < -0.4 is 0 Å². The highest BCUT2D eigenvalue weighted by Gasteiger charge is 2.22. The molecule has 1 saturated carbocycles. The zero-order chi connectivity index (χ0) is 12.1. The lowest BCUT2D eigenvalue weighted by atomic mass is 9.96. The second kappa shape index (κ2) is 6.15. The molecule has 2 fully saturated rings. The third kappa shape index (κ3) is 3.80. The number of piperidine rings is 1. The number of carbonyl (C=O) groups is 2. The lowest BCUT2D eigenvalue weighted by Crippen LogP contribution is -2.39. The molecule has 17 heavy (non-hydrogen) atoms. The highest BCUT2D eigenvalue weighted by Crippen LogP contribution is 2.18. The minimum atomic E-state index is 0.112. The molecule has 0 spiro atoms. The molecule has 4 nitrogen and oxygen atoms in total. The number of hydrogen-bond donors (Lipinski definition) is 0. The Kier molecular flexibility index (Phi) is 4.54. The molecule has 0 atom stereocenters. The topological polar surface area (TPSA) is 46.6 Å². The van der Waals surface area contributed by atoms with Crippen molar-refractivity contribution in [3.05, 3.63) is 0 Å². The molecule has 0 unspecified atom stereocenters. The molecule has 2 aliphatic rings. The monoisotopic (exact) mass is 239 g/mol. The molecule has 1 saturated heterocycles. The van der Waals surface area contributed by atoms with Crippen LogP contribution in [0.5, 0.6) is 0 Å². The van der Waals surface area contributed by atoms with E-state index in [1.54, 1.807) is 0 Å². The second-order valence-electron chi connectivity index (χ2n) is 4.99. The van der Waals surface area contributed by atoms with Gasteiger partial charge in [0.05, 0.1) is 6.10 Å². The first-order valence-corrected chi connectivity index (χ1v) is 6.67. The van der Waals surface area contributed by atoms with Crippen LogP contribution in [0.3, 0.4) is 0 Å². The van der Waals surface area contributed by atoms with Crippen LogP contribution in [0.25, 0.3) is 0 Å². The quantitative estimate of drug-likeness (QED) is 0.750. The zero-order valence-electron chi connectivity index (χ0n) is 10.3. The van der Waals surface area contributed by atoms with Crippen LogP contribution in [0.15, 0.2) is 0 Å². The maximum absolute atomic E-state index is 11.8. The number of hydrogen-bond acceptors (Lipinski definition) is 3. The maximum Gasteiger partial charge on any atom is 0.248 e. The molecule has 4 heteroatoms. The molecule has 0 aromatic rings. The first-order chi connectivity index (χ1) is 8.25. The average Bonchev–Trinajstić information content (AvgIpc) is 2.39. The van der Waals surface area contributed by atoms with Crippen LogP contribution >= 0.6 is 0 Å². The van der Waals surface area contributed by atoms with Gasteiger partial charge in [0.25, 0.3) is 0 Å². The fraction of sp³-hybridized carbons (Fsp3) is 0.846. The minimum Gasteiger partial charge on any atom is -0.368 e. The summed E-state index contributed by atoms with van der Waals surface area (Å²) in [5.41, 5.74) is 0. The number of nitrogens with zero attached hydrogens (tertiary/aromatic N) is 1. The van der Waals surface area contributed by atoms with Gasteiger partial charge in [-0.1, -0.05) is 0 Å². The molecule has 0 aromatic heterocycles. The van der Waals surface area contributed by atoms with Crippen molar-refractivity contribution < 1.29 is 14.3 Å². The highest BCUT2D eigenvalue weighted by molar-refractivity contribution is 5.79. The summed E-state index contributed by atoms with van der Waals surface area (Å²) in [6.45, 7) is 1.95.